The van der Waals surface area contributed by atoms with Crippen molar-refractivity contribution in [3.63, 3.8) is 0 Å². The fraction of sp³-hybridized carbons (Fsp3) is 0.929. The van der Waals surface area contributed by atoms with Crippen LogP contribution in [0.4, 0.5) is 0 Å². The second kappa shape index (κ2) is 9.92. The molecule has 1 aliphatic heterocycles. The molecule has 0 aromatic heterocycles. The van der Waals surface area contributed by atoms with Gasteiger partial charge in [0.1, 0.15) is 9.84 Å². The molecule has 0 saturated carbocycles. The summed E-state index contributed by atoms with van der Waals surface area (Å²) in [6.45, 7) is 11.8. The lowest BCUT2D eigenvalue weighted by atomic mass is 10.1. The zero-order valence-electron chi connectivity index (χ0n) is 14.3. The molecule has 8 heteroatoms. The number of aliphatic imine (C=N–C) groups is 1. The minimum Gasteiger partial charge on any atom is -0.357 e. The monoisotopic (exact) mass is 446 g/mol. The summed E-state index contributed by atoms with van der Waals surface area (Å²) in [5.41, 5.74) is 0. The van der Waals surface area contributed by atoms with Crippen LogP contribution in [0.3, 0.4) is 0 Å². The van der Waals surface area contributed by atoms with Gasteiger partial charge in [-0.3, -0.25) is 9.89 Å². The molecule has 0 spiro atoms. The van der Waals surface area contributed by atoms with Gasteiger partial charge < -0.3 is 10.6 Å². The molecule has 1 aliphatic rings. The maximum absolute atomic E-state index is 11.2. The Morgan fingerprint density at radius 3 is 2.45 bits per heavy atom. The van der Waals surface area contributed by atoms with Gasteiger partial charge in [0.05, 0.1) is 12.3 Å². The van der Waals surface area contributed by atoms with Gasteiger partial charge in [0.2, 0.25) is 0 Å². The van der Waals surface area contributed by atoms with Crippen molar-refractivity contribution >= 4 is 39.8 Å². The maximum atomic E-state index is 11.2. The summed E-state index contributed by atoms with van der Waals surface area (Å²) >= 11 is 0. The highest BCUT2D eigenvalue weighted by atomic mass is 127. The van der Waals surface area contributed by atoms with Gasteiger partial charge in [0.15, 0.2) is 5.96 Å². The van der Waals surface area contributed by atoms with E-state index >= 15 is 0 Å². The largest absolute Gasteiger partial charge is 0.357 e. The van der Waals surface area contributed by atoms with Crippen LogP contribution in [0.2, 0.25) is 0 Å². The fourth-order valence-corrected chi connectivity index (χ4v) is 2.86. The van der Waals surface area contributed by atoms with Crippen molar-refractivity contribution in [3.05, 3.63) is 0 Å². The Bertz CT molecular complexity index is 454. The summed E-state index contributed by atoms with van der Waals surface area (Å²) in [7, 11) is -2.96. The Balaban J connectivity index is 0.00000441. The molecule has 1 fully saturated rings. The van der Waals surface area contributed by atoms with E-state index in [0.717, 1.165) is 19.6 Å². The van der Waals surface area contributed by atoms with Crippen molar-refractivity contribution in [1.82, 2.24) is 15.5 Å². The van der Waals surface area contributed by atoms with Gasteiger partial charge >= 0.3 is 0 Å². The molecular weight excluding hydrogens is 415 g/mol. The summed E-state index contributed by atoms with van der Waals surface area (Å²) in [4.78, 5) is 6.81. The zero-order chi connectivity index (χ0) is 16.0. The summed E-state index contributed by atoms with van der Waals surface area (Å²) in [5.74, 6) is 1.34. The first-order valence-electron chi connectivity index (χ1n) is 7.69. The van der Waals surface area contributed by atoms with Crippen molar-refractivity contribution in [2.24, 2.45) is 10.9 Å². The van der Waals surface area contributed by atoms with Crippen molar-refractivity contribution in [2.75, 3.05) is 38.2 Å². The van der Waals surface area contributed by atoms with Crippen LogP contribution >= 0.6 is 24.0 Å². The zero-order valence-corrected chi connectivity index (χ0v) is 17.4. The molecule has 0 amide bonds. The third-order valence-corrected chi connectivity index (χ3v) is 4.69. The van der Waals surface area contributed by atoms with Crippen LogP contribution in [0.1, 0.15) is 27.7 Å². The first kappa shape index (κ1) is 21.9. The third-order valence-electron chi connectivity index (χ3n) is 3.77. The van der Waals surface area contributed by atoms with E-state index in [9.17, 15) is 8.42 Å². The van der Waals surface area contributed by atoms with E-state index in [1.165, 1.54) is 6.26 Å². The number of hydrogen-bond acceptors (Lipinski definition) is 4. The lowest BCUT2D eigenvalue weighted by Crippen LogP contribution is -2.47. The van der Waals surface area contributed by atoms with Gasteiger partial charge in [0, 0.05) is 38.0 Å². The smallest absolute Gasteiger partial charge is 0.191 e. The van der Waals surface area contributed by atoms with E-state index in [-0.39, 0.29) is 29.7 Å². The minimum absolute atomic E-state index is 0. The molecule has 0 aliphatic carbocycles. The highest BCUT2D eigenvalue weighted by Gasteiger charge is 2.31. The van der Waals surface area contributed by atoms with Crippen LogP contribution in [0, 0.1) is 5.92 Å². The number of nitrogens with zero attached hydrogens (tertiary/aromatic N) is 2. The first-order chi connectivity index (χ1) is 9.73. The predicted molar refractivity (Wildman–Crippen MR) is 104 cm³/mol. The van der Waals surface area contributed by atoms with E-state index in [1.807, 2.05) is 6.92 Å². The van der Waals surface area contributed by atoms with Gasteiger partial charge in [-0.15, -0.1) is 24.0 Å². The van der Waals surface area contributed by atoms with Crippen LogP contribution in [-0.4, -0.2) is 69.5 Å². The molecule has 2 unspecified atom stereocenters. The van der Waals surface area contributed by atoms with Gasteiger partial charge in [-0.1, -0.05) is 6.92 Å². The van der Waals surface area contributed by atoms with E-state index < -0.39 is 9.84 Å². The number of likely N-dealkylation sites (tertiary alicyclic amines) is 1. The number of nitrogens with one attached hydrogen (secondary N) is 2. The molecular formula is C14H31IN4O2S. The summed E-state index contributed by atoms with van der Waals surface area (Å²) < 4.78 is 22.3. The molecule has 22 heavy (non-hydrogen) atoms. The SMILES string of the molecule is CCNC(=NCCS(C)(=O)=O)NC1CN(C(C)C)CC1C.I. The van der Waals surface area contributed by atoms with Gasteiger partial charge in [-0.25, -0.2) is 8.42 Å². The number of guanidine groups is 1. The number of halogens is 1. The molecule has 132 valence electrons. The van der Waals surface area contributed by atoms with E-state index in [1.54, 1.807) is 0 Å². The lowest BCUT2D eigenvalue weighted by Gasteiger charge is -2.21. The summed E-state index contributed by atoms with van der Waals surface area (Å²) in [5, 5.41) is 6.63. The van der Waals surface area contributed by atoms with E-state index in [4.69, 9.17) is 0 Å². The van der Waals surface area contributed by atoms with Crippen molar-refractivity contribution in [2.45, 2.75) is 39.8 Å². The van der Waals surface area contributed by atoms with Gasteiger partial charge in [-0.2, -0.15) is 0 Å². The van der Waals surface area contributed by atoms with E-state index in [2.05, 4.69) is 41.3 Å². The normalized spacial score (nSPS) is 23.5. The Kier molecular flexibility index (Phi) is 9.88. The second-order valence-electron chi connectivity index (χ2n) is 6.17. The Labute approximate surface area is 152 Å². The van der Waals surface area contributed by atoms with Crippen LogP contribution in [0.15, 0.2) is 4.99 Å². The predicted octanol–water partition coefficient (Wildman–Crippen LogP) is 0.933. The number of hydrogen-bond donors (Lipinski definition) is 2. The van der Waals surface area contributed by atoms with Gasteiger partial charge in [0.25, 0.3) is 0 Å². The third kappa shape index (κ3) is 7.96. The molecule has 0 aromatic rings. The molecule has 0 radical (unpaired) electrons. The standard InChI is InChI=1S/C14H30N4O2S.HI/c1-6-15-14(16-7-8-21(5,19)20)17-13-10-18(11(2)3)9-12(13)4;/h11-13H,6-10H2,1-5H3,(H2,15,16,17);1H. The van der Waals surface area contributed by atoms with E-state index in [0.29, 0.717) is 30.5 Å². The quantitative estimate of drug-likeness (QED) is 0.361. The Hall–Kier alpha value is -0.0900. The number of sulfone groups is 1. The van der Waals surface area contributed by atoms with Crippen molar-refractivity contribution in [3.8, 4) is 0 Å². The van der Waals surface area contributed by atoms with Crippen LogP contribution in [0.25, 0.3) is 0 Å². The second-order valence-corrected chi connectivity index (χ2v) is 8.43. The van der Waals surface area contributed by atoms with Crippen molar-refractivity contribution in [1.29, 1.82) is 0 Å². The molecule has 0 aromatic carbocycles. The summed E-state index contributed by atoms with van der Waals surface area (Å²) in [6.07, 6.45) is 1.24. The number of rotatable bonds is 6. The minimum atomic E-state index is -2.96. The molecule has 1 rings (SSSR count). The molecule has 1 heterocycles. The molecule has 0 bridgehead atoms. The Morgan fingerprint density at radius 2 is 2.00 bits per heavy atom. The van der Waals surface area contributed by atoms with Crippen LogP contribution < -0.4 is 10.6 Å². The molecule has 6 nitrogen and oxygen atoms in total. The maximum Gasteiger partial charge on any atom is 0.191 e. The molecule has 2 atom stereocenters. The molecule has 1 saturated heterocycles. The average Bonchev–Trinajstić information content (AvgIpc) is 2.70. The topological polar surface area (TPSA) is 73.8 Å². The fourth-order valence-electron chi connectivity index (χ4n) is 2.43. The highest BCUT2D eigenvalue weighted by molar-refractivity contribution is 14.0. The summed E-state index contributed by atoms with van der Waals surface area (Å²) in [6, 6.07) is 0.896. The first-order valence-corrected chi connectivity index (χ1v) is 9.75. The van der Waals surface area contributed by atoms with Crippen LogP contribution in [-0.2, 0) is 9.84 Å². The molecule has 2 N–H and O–H groups in total. The highest BCUT2D eigenvalue weighted by Crippen LogP contribution is 2.18. The lowest BCUT2D eigenvalue weighted by molar-refractivity contribution is 0.265. The van der Waals surface area contributed by atoms with Crippen LogP contribution in [0.5, 0.6) is 0 Å². The Morgan fingerprint density at radius 1 is 1.36 bits per heavy atom. The van der Waals surface area contributed by atoms with Gasteiger partial charge in [-0.05, 0) is 26.7 Å². The van der Waals surface area contributed by atoms with Crippen molar-refractivity contribution < 1.29 is 8.42 Å². The average molecular weight is 446 g/mol.